The van der Waals surface area contributed by atoms with E-state index in [4.69, 9.17) is 5.11 Å². The molecule has 0 saturated heterocycles. The van der Waals surface area contributed by atoms with Gasteiger partial charge in [-0.2, -0.15) is 13.2 Å². The Kier molecular flexibility index (Phi) is 4.29. The number of aliphatic hydroxyl groups excluding tert-OH is 1. The van der Waals surface area contributed by atoms with Crippen molar-refractivity contribution in [3.63, 3.8) is 0 Å². The summed E-state index contributed by atoms with van der Waals surface area (Å²) in [6.07, 6.45) is -3.84. The Morgan fingerprint density at radius 3 is 2.20 bits per heavy atom. The number of hydrogen-bond acceptors (Lipinski definition) is 2. The van der Waals surface area contributed by atoms with E-state index in [-0.39, 0.29) is 6.61 Å². The van der Waals surface area contributed by atoms with Crippen LogP contribution in [0.4, 0.5) is 24.5 Å². The molecule has 0 aliphatic heterocycles. The normalized spacial score (nSPS) is 11.4. The maximum atomic E-state index is 12.5. The molecule has 106 valence electrons. The van der Waals surface area contributed by atoms with E-state index >= 15 is 0 Å². The molecule has 0 bridgehead atoms. The van der Waals surface area contributed by atoms with Crippen molar-refractivity contribution in [2.45, 2.75) is 12.6 Å². The first kappa shape index (κ1) is 14.4. The van der Waals surface area contributed by atoms with Crippen molar-refractivity contribution in [1.29, 1.82) is 0 Å². The Hall–Kier alpha value is -2.01. The molecule has 0 heterocycles. The molecule has 20 heavy (non-hydrogen) atoms. The molecule has 0 fully saturated rings. The highest BCUT2D eigenvalue weighted by molar-refractivity contribution is 5.63. The molecule has 2 rings (SSSR count). The summed E-state index contributed by atoms with van der Waals surface area (Å²) in [5.74, 6) is 0. The maximum absolute atomic E-state index is 12.5. The fourth-order valence-corrected chi connectivity index (χ4v) is 1.88. The molecule has 0 saturated carbocycles. The Morgan fingerprint density at radius 1 is 0.950 bits per heavy atom. The number of benzene rings is 2. The lowest BCUT2D eigenvalue weighted by Gasteiger charge is -2.12. The van der Waals surface area contributed by atoms with Crippen LogP contribution < -0.4 is 5.32 Å². The molecule has 0 amide bonds. The van der Waals surface area contributed by atoms with Gasteiger partial charge in [-0.1, -0.05) is 18.2 Å². The van der Waals surface area contributed by atoms with Crippen molar-refractivity contribution in [3.05, 3.63) is 59.7 Å². The van der Waals surface area contributed by atoms with Gasteiger partial charge in [0, 0.05) is 18.0 Å². The molecule has 0 aromatic heterocycles. The van der Waals surface area contributed by atoms with Crippen molar-refractivity contribution >= 4 is 11.4 Å². The Balaban J connectivity index is 2.18. The number of nitrogens with one attached hydrogen (secondary N) is 1. The monoisotopic (exact) mass is 281 g/mol. The van der Waals surface area contributed by atoms with Gasteiger partial charge in [-0.25, -0.2) is 0 Å². The third-order valence-corrected chi connectivity index (χ3v) is 2.89. The standard InChI is InChI=1S/C15H14F3NO/c16-15(17,18)12-5-7-13(8-6-12)19-14-4-2-1-3-11(14)9-10-20/h1-8,19-20H,9-10H2. The Labute approximate surface area is 114 Å². The molecule has 0 radical (unpaired) electrons. The zero-order chi connectivity index (χ0) is 14.6. The van der Waals surface area contributed by atoms with E-state index in [2.05, 4.69) is 5.32 Å². The van der Waals surface area contributed by atoms with Crippen LogP contribution in [0, 0.1) is 0 Å². The number of rotatable bonds is 4. The molecule has 2 nitrogen and oxygen atoms in total. The van der Waals surface area contributed by atoms with Crippen LogP contribution in [0.15, 0.2) is 48.5 Å². The first-order valence-corrected chi connectivity index (χ1v) is 6.14. The predicted molar refractivity (Wildman–Crippen MR) is 72.0 cm³/mol. The Morgan fingerprint density at radius 2 is 1.60 bits per heavy atom. The van der Waals surface area contributed by atoms with Gasteiger partial charge in [-0.3, -0.25) is 0 Å². The van der Waals surface area contributed by atoms with Crippen LogP contribution in [-0.4, -0.2) is 11.7 Å². The maximum Gasteiger partial charge on any atom is 0.416 e. The summed E-state index contributed by atoms with van der Waals surface area (Å²) in [7, 11) is 0. The van der Waals surface area contributed by atoms with Crippen LogP contribution in [-0.2, 0) is 12.6 Å². The molecule has 0 aliphatic rings. The van der Waals surface area contributed by atoms with Crippen LogP contribution in [0.5, 0.6) is 0 Å². The van der Waals surface area contributed by atoms with Gasteiger partial charge in [0.25, 0.3) is 0 Å². The molecule has 0 aliphatic carbocycles. The molecule has 2 aromatic rings. The predicted octanol–water partition coefficient (Wildman–Crippen LogP) is 3.98. The third-order valence-electron chi connectivity index (χ3n) is 2.89. The van der Waals surface area contributed by atoms with Gasteiger partial charge in [-0.05, 0) is 42.3 Å². The number of para-hydroxylation sites is 1. The summed E-state index contributed by atoms with van der Waals surface area (Å²) in [5, 5.41) is 12.0. The van der Waals surface area contributed by atoms with Crippen LogP contribution >= 0.6 is 0 Å². The summed E-state index contributed by atoms with van der Waals surface area (Å²) >= 11 is 0. The lowest BCUT2D eigenvalue weighted by Crippen LogP contribution is -2.04. The lowest BCUT2D eigenvalue weighted by atomic mass is 10.1. The van der Waals surface area contributed by atoms with Gasteiger partial charge >= 0.3 is 6.18 Å². The summed E-state index contributed by atoms with van der Waals surface area (Å²) in [6.45, 7) is 0.0195. The largest absolute Gasteiger partial charge is 0.416 e. The highest BCUT2D eigenvalue weighted by atomic mass is 19.4. The average Bonchev–Trinajstić information content (AvgIpc) is 2.41. The van der Waals surface area contributed by atoms with Crippen LogP contribution in [0.25, 0.3) is 0 Å². The van der Waals surface area contributed by atoms with Gasteiger partial charge in [0.1, 0.15) is 0 Å². The zero-order valence-corrected chi connectivity index (χ0v) is 10.6. The molecule has 0 atom stereocenters. The van der Waals surface area contributed by atoms with Crippen LogP contribution in [0.1, 0.15) is 11.1 Å². The van der Waals surface area contributed by atoms with E-state index in [1.165, 1.54) is 12.1 Å². The number of anilines is 2. The number of hydrogen-bond donors (Lipinski definition) is 2. The van der Waals surface area contributed by atoms with Gasteiger partial charge < -0.3 is 10.4 Å². The van der Waals surface area contributed by atoms with Crippen molar-refractivity contribution in [3.8, 4) is 0 Å². The van der Waals surface area contributed by atoms with E-state index < -0.39 is 11.7 Å². The lowest BCUT2D eigenvalue weighted by molar-refractivity contribution is -0.137. The first-order chi connectivity index (χ1) is 9.50. The topological polar surface area (TPSA) is 32.3 Å². The fourth-order valence-electron chi connectivity index (χ4n) is 1.88. The molecule has 5 heteroatoms. The highest BCUT2D eigenvalue weighted by Crippen LogP contribution is 2.30. The van der Waals surface area contributed by atoms with E-state index in [9.17, 15) is 13.2 Å². The van der Waals surface area contributed by atoms with E-state index in [1.807, 2.05) is 24.3 Å². The molecule has 2 aromatic carbocycles. The van der Waals surface area contributed by atoms with Crippen LogP contribution in [0.3, 0.4) is 0 Å². The molecule has 0 spiro atoms. The third kappa shape index (κ3) is 3.51. The molecule has 2 N–H and O–H groups in total. The average molecular weight is 281 g/mol. The van der Waals surface area contributed by atoms with Gasteiger partial charge in [0.05, 0.1) is 5.56 Å². The minimum Gasteiger partial charge on any atom is -0.396 e. The fraction of sp³-hybridized carbons (Fsp3) is 0.200. The van der Waals surface area contributed by atoms with Gasteiger partial charge in [0.2, 0.25) is 0 Å². The van der Waals surface area contributed by atoms with Gasteiger partial charge in [0.15, 0.2) is 0 Å². The summed E-state index contributed by atoms with van der Waals surface area (Å²) < 4.78 is 37.4. The quantitative estimate of drug-likeness (QED) is 0.888. The smallest absolute Gasteiger partial charge is 0.396 e. The Bertz CT molecular complexity index is 564. The zero-order valence-electron chi connectivity index (χ0n) is 10.6. The van der Waals surface area contributed by atoms with Crippen molar-refractivity contribution in [1.82, 2.24) is 0 Å². The number of aliphatic hydroxyl groups is 1. The molecular weight excluding hydrogens is 267 g/mol. The van der Waals surface area contributed by atoms with Gasteiger partial charge in [-0.15, -0.1) is 0 Å². The number of halogens is 3. The second-order valence-electron chi connectivity index (χ2n) is 4.33. The number of alkyl halides is 3. The van der Waals surface area contributed by atoms with Crippen molar-refractivity contribution < 1.29 is 18.3 Å². The van der Waals surface area contributed by atoms with E-state index in [1.54, 1.807) is 0 Å². The summed E-state index contributed by atoms with van der Waals surface area (Å²) in [5.41, 5.74) is 1.59. The molecular formula is C15H14F3NO. The minimum absolute atomic E-state index is 0.0195. The summed E-state index contributed by atoms with van der Waals surface area (Å²) in [4.78, 5) is 0. The second-order valence-corrected chi connectivity index (χ2v) is 4.33. The van der Waals surface area contributed by atoms with Crippen LogP contribution in [0.2, 0.25) is 0 Å². The first-order valence-electron chi connectivity index (χ1n) is 6.14. The van der Waals surface area contributed by atoms with Crippen molar-refractivity contribution in [2.24, 2.45) is 0 Å². The second kappa shape index (κ2) is 5.96. The highest BCUT2D eigenvalue weighted by Gasteiger charge is 2.29. The minimum atomic E-state index is -4.33. The van der Waals surface area contributed by atoms with Crippen molar-refractivity contribution in [2.75, 3.05) is 11.9 Å². The van der Waals surface area contributed by atoms with E-state index in [0.29, 0.717) is 12.1 Å². The summed E-state index contributed by atoms with van der Waals surface area (Å²) in [6, 6.07) is 12.2. The van der Waals surface area contributed by atoms with E-state index in [0.717, 1.165) is 23.4 Å². The SMILES string of the molecule is OCCc1ccccc1Nc1ccc(C(F)(F)F)cc1. The molecule has 0 unspecified atom stereocenters.